The van der Waals surface area contributed by atoms with Crippen LogP contribution in [0.3, 0.4) is 0 Å². The van der Waals surface area contributed by atoms with Gasteiger partial charge < -0.3 is 11.2 Å². The molecule has 1 fully saturated rings. The van der Waals surface area contributed by atoms with E-state index in [1.807, 2.05) is 30.3 Å². The Bertz CT molecular complexity index is 612. The molecule has 0 bridgehead atoms. The average molecular weight is 229 g/mol. The van der Waals surface area contributed by atoms with Crippen molar-refractivity contribution >= 4 is 10.9 Å². The van der Waals surface area contributed by atoms with Gasteiger partial charge in [0.15, 0.2) is 0 Å². The van der Waals surface area contributed by atoms with Crippen molar-refractivity contribution in [1.29, 1.82) is 0 Å². The molecule has 1 aliphatic rings. The van der Waals surface area contributed by atoms with Gasteiger partial charge in [-0.05, 0) is 25.1 Å². The van der Waals surface area contributed by atoms with E-state index >= 15 is 0 Å². The molecule has 2 aromatic rings. The Morgan fingerprint density at radius 1 is 1.35 bits per heavy atom. The summed E-state index contributed by atoms with van der Waals surface area (Å²) in [4.78, 5) is 12.2. The summed E-state index contributed by atoms with van der Waals surface area (Å²) in [5.74, 6) is 6.16. The number of para-hydroxylation sites is 1. The van der Waals surface area contributed by atoms with Gasteiger partial charge >= 0.3 is 0 Å². The maximum Gasteiger partial charge on any atom is 0.272 e. The largest absolute Gasteiger partial charge is 0.336 e. The number of hydrogen-bond donors (Lipinski definition) is 2. The molecule has 3 rings (SSSR count). The first kappa shape index (κ1) is 10.4. The molecule has 0 amide bonds. The molecule has 0 spiro atoms. The van der Waals surface area contributed by atoms with Gasteiger partial charge in [-0.3, -0.25) is 4.79 Å². The van der Waals surface area contributed by atoms with Gasteiger partial charge in [0.25, 0.3) is 5.56 Å². The SMILES string of the molecule is Nn1c(=O)c(C2CCNC2)cc2ccccc21. The lowest BCUT2D eigenvalue weighted by molar-refractivity contribution is 0.741. The number of pyridine rings is 1. The summed E-state index contributed by atoms with van der Waals surface area (Å²) in [6, 6.07) is 9.70. The Balaban J connectivity index is 2.25. The molecule has 1 aromatic heterocycles. The fourth-order valence-corrected chi connectivity index (χ4v) is 2.52. The minimum Gasteiger partial charge on any atom is -0.336 e. The lowest BCUT2D eigenvalue weighted by Crippen LogP contribution is -2.31. The van der Waals surface area contributed by atoms with E-state index in [9.17, 15) is 4.79 Å². The van der Waals surface area contributed by atoms with Gasteiger partial charge in [-0.15, -0.1) is 0 Å². The number of benzene rings is 1. The molecule has 1 atom stereocenters. The normalized spacial score (nSPS) is 19.9. The first-order chi connectivity index (χ1) is 8.27. The Hall–Kier alpha value is -1.81. The number of nitrogens with zero attached hydrogens (tertiary/aromatic N) is 1. The number of rotatable bonds is 1. The van der Waals surface area contributed by atoms with E-state index in [4.69, 9.17) is 5.84 Å². The van der Waals surface area contributed by atoms with Crippen LogP contribution in [0.1, 0.15) is 17.9 Å². The van der Waals surface area contributed by atoms with Crippen LogP contribution in [0.25, 0.3) is 10.9 Å². The Morgan fingerprint density at radius 3 is 2.94 bits per heavy atom. The molecule has 2 heterocycles. The second kappa shape index (κ2) is 3.89. The lowest BCUT2D eigenvalue weighted by Gasteiger charge is -2.12. The van der Waals surface area contributed by atoms with Gasteiger partial charge in [-0.25, -0.2) is 4.68 Å². The van der Waals surface area contributed by atoms with Crippen molar-refractivity contribution in [2.24, 2.45) is 0 Å². The first-order valence-electron chi connectivity index (χ1n) is 5.88. The fourth-order valence-electron chi connectivity index (χ4n) is 2.52. The van der Waals surface area contributed by atoms with Gasteiger partial charge in [0.05, 0.1) is 5.52 Å². The van der Waals surface area contributed by atoms with E-state index in [0.717, 1.165) is 36.0 Å². The van der Waals surface area contributed by atoms with Crippen LogP contribution >= 0.6 is 0 Å². The molecule has 88 valence electrons. The minimum absolute atomic E-state index is 0.0719. The van der Waals surface area contributed by atoms with Crippen LogP contribution in [0.5, 0.6) is 0 Å². The van der Waals surface area contributed by atoms with Crippen LogP contribution in [0.2, 0.25) is 0 Å². The van der Waals surface area contributed by atoms with E-state index in [1.165, 1.54) is 4.68 Å². The fraction of sp³-hybridized carbons (Fsp3) is 0.308. The summed E-state index contributed by atoms with van der Waals surface area (Å²) in [5, 5.41) is 4.30. The van der Waals surface area contributed by atoms with Crippen molar-refractivity contribution in [3.05, 3.63) is 46.2 Å². The number of hydrogen-bond acceptors (Lipinski definition) is 3. The van der Waals surface area contributed by atoms with Gasteiger partial charge in [0.2, 0.25) is 0 Å². The van der Waals surface area contributed by atoms with E-state index < -0.39 is 0 Å². The van der Waals surface area contributed by atoms with Gasteiger partial charge in [0.1, 0.15) is 0 Å². The average Bonchev–Trinajstić information content (AvgIpc) is 2.87. The first-order valence-corrected chi connectivity index (χ1v) is 5.88. The molecule has 0 saturated carbocycles. The topological polar surface area (TPSA) is 60.0 Å². The van der Waals surface area contributed by atoms with Crippen molar-refractivity contribution in [1.82, 2.24) is 9.99 Å². The van der Waals surface area contributed by atoms with Crippen LogP contribution in [0, 0.1) is 0 Å². The third-order valence-corrected chi connectivity index (χ3v) is 3.47. The molecule has 4 nitrogen and oxygen atoms in total. The van der Waals surface area contributed by atoms with Crippen LogP contribution in [-0.4, -0.2) is 17.8 Å². The number of aromatic nitrogens is 1. The zero-order valence-electron chi connectivity index (χ0n) is 9.52. The van der Waals surface area contributed by atoms with E-state index in [-0.39, 0.29) is 5.56 Å². The monoisotopic (exact) mass is 229 g/mol. The maximum atomic E-state index is 12.2. The molecule has 1 aromatic carbocycles. The number of nitrogen functional groups attached to an aromatic ring is 1. The van der Waals surface area contributed by atoms with E-state index in [0.29, 0.717) is 5.92 Å². The summed E-state index contributed by atoms with van der Waals surface area (Å²) in [6.07, 6.45) is 1.01. The highest BCUT2D eigenvalue weighted by atomic mass is 16.1. The highest BCUT2D eigenvalue weighted by Gasteiger charge is 2.21. The van der Waals surface area contributed by atoms with Crippen LogP contribution < -0.4 is 16.7 Å². The zero-order chi connectivity index (χ0) is 11.8. The third kappa shape index (κ3) is 1.61. The summed E-state index contributed by atoms with van der Waals surface area (Å²) in [5.41, 5.74) is 1.54. The minimum atomic E-state index is -0.0719. The van der Waals surface area contributed by atoms with Crippen molar-refractivity contribution in [3.63, 3.8) is 0 Å². The molecule has 0 radical (unpaired) electrons. The molecule has 0 aliphatic carbocycles. The molecular weight excluding hydrogens is 214 g/mol. The van der Waals surface area contributed by atoms with Crippen molar-refractivity contribution < 1.29 is 0 Å². The standard InChI is InChI=1S/C13H15N3O/c14-16-12-4-2-1-3-9(12)7-11(13(16)17)10-5-6-15-8-10/h1-4,7,10,15H,5-6,8,14H2. The summed E-state index contributed by atoms with van der Waals surface area (Å²) in [7, 11) is 0. The second-order valence-electron chi connectivity index (χ2n) is 4.52. The summed E-state index contributed by atoms with van der Waals surface area (Å²) >= 11 is 0. The van der Waals surface area contributed by atoms with Crippen LogP contribution in [0.15, 0.2) is 35.1 Å². The number of fused-ring (bicyclic) bond motifs is 1. The number of nitrogens with one attached hydrogen (secondary N) is 1. The Morgan fingerprint density at radius 2 is 2.18 bits per heavy atom. The Kier molecular flexibility index (Phi) is 2.37. The van der Waals surface area contributed by atoms with E-state index in [2.05, 4.69) is 5.32 Å². The van der Waals surface area contributed by atoms with Gasteiger partial charge in [-0.2, -0.15) is 0 Å². The number of nitrogens with two attached hydrogens (primary N) is 1. The molecule has 1 aliphatic heterocycles. The second-order valence-corrected chi connectivity index (χ2v) is 4.52. The lowest BCUT2D eigenvalue weighted by atomic mass is 9.98. The predicted octanol–water partition coefficient (Wildman–Crippen LogP) is 0.792. The summed E-state index contributed by atoms with van der Waals surface area (Å²) < 4.78 is 1.27. The third-order valence-electron chi connectivity index (χ3n) is 3.47. The molecular formula is C13H15N3O. The molecule has 4 heteroatoms. The van der Waals surface area contributed by atoms with Gasteiger partial charge in [-0.1, -0.05) is 18.2 Å². The van der Waals surface area contributed by atoms with Crippen LogP contribution in [-0.2, 0) is 0 Å². The van der Waals surface area contributed by atoms with E-state index in [1.54, 1.807) is 0 Å². The van der Waals surface area contributed by atoms with Crippen LogP contribution in [0.4, 0.5) is 0 Å². The Labute approximate surface area is 99.0 Å². The highest BCUT2D eigenvalue weighted by Crippen LogP contribution is 2.22. The van der Waals surface area contributed by atoms with Gasteiger partial charge in [0, 0.05) is 23.4 Å². The van der Waals surface area contributed by atoms with Crippen molar-refractivity contribution in [3.8, 4) is 0 Å². The zero-order valence-corrected chi connectivity index (χ0v) is 9.52. The smallest absolute Gasteiger partial charge is 0.272 e. The maximum absolute atomic E-state index is 12.2. The predicted molar refractivity (Wildman–Crippen MR) is 68.6 cm³/mol. The van der Waals surface area contributed by atoms with Crippen molar-refractivity contribution in [2.75, 3.05) is 18.9 Å². The summed E-state index contributed by atoms with van der Waals surface area (Å²) in [6.45, 7) is 1.84. The highest BCUT2D eigenvalue weighted by molar-refractivity contribution is 5.79. The molecule has 3 N–H and O–H groups in total. The molecule has 1 unspecified atom stereocenters. The van der Waals surface area contributed by atoms with Crippen molar-refractivity contribution in [2.45, 2.75) is 12.3 Å². The molecule has 1 saturated heterocycles. The molecule has 17 heavy (non-hydrogen) atoms. The quantitative estimate of drug-likeness (QED) is 0.711.